The molecule has 1 unspecified atom stereocenters. The third kappa shape index (κ3) is 3.39. The monoisotopic (exact) mass is 302 g/mol. The molecule has 6 heteroatoms. The van der Waals surface area contributed by atoms with Crippen LogP contribution in [0.3, 0.4) is 0 Å². The number of aromatic nitrogens is 2. The molecule has 2 aliphatic rings. The van der Waals surface area contributed by atoms with Crippen molar-refractivity contribution in [1.82, 2.24) is 20.4 Å². The molecule has 2 aromatic rings. The number of likely N-dealkylation sites (tertiary alicyclic amines) is 1. The summed E-state index contributed by atoms with van der Waals surface area (Å²) in [5, 5.41) is 7.69. The van der Waals surface area contributed by atoms with Gasteiger partial charge >= 0.3 is 0 Å². The number of nitrogens with zero attached hydrogens (tertiary/aromatic N) is 3. The molecule has 22 heavy (non-hydrogen) atoms. The van der Waals surface area contributed by atoms with Gasteiger partial charge < -0.3 is 14.3 Å². The molecule has 0 spiro atoms. The predicted octanol–water partition coefficient (Wildman–Crippen LogP) is 2.29. The van der Waals surface area contributed by atoms with E-state index in [-0.39, 0.29) is 0 Å². The number of hydrogen-bond donors (Lipinski definition) is 1. The van der Waals surface area contributed by atoms with E-state index in [0.29, 0.717) is 12.0 Å². The Labute approximate surface area is 129 Å². The minimum absolute atomic E-state index is 0.494. The molecule has 0 bridgehead atoms. The van der Waals surface area contributed by atoms with Crippen LogP contribution in [0.1, 0.15) is 49.1 Å². The van der Waals surface area contributed by atoms with Crippen LogP contribution in [-0.2, 0) is 13.1 Å². The lowest BCUT2D eigenvalue weighted by atomic mass is 10.1. The Morgan fingerprint density at radius 3 is 3.09 bits per heavy atom. The van der Waals surface area contributed by atoms with E-state index in [9.17, 15) is 0 Å². The molecule has 118 valence electrons. The van der Waals surface area contributed by atoms with Crippen molar-refractivity contribution in [2.24, 2.45) is 0 Å². The van der Waals surface area contributed by atoms with Gasteiger partial charge in [-0.3, -0.25) is 4.90 Å². The number of rotatable bonds is 6. The fourth-order valence-corrected chi connectivity index (χ4v) is 3.05. The molecule has 6 nitrogen and oxygen atoms in total. The molecule has 1 N–H and O–H groups in total. The van der Waals surface area contributed by atoms with E-state index >= 15 is 0 Å². The van der Waals surface area contributed by atoms with Crippen molar-refractivity contribution in [2.75, 3.05) is 13.1 Å². The third-order valence-electron chi connectivity index (χ3n) is 4.43. The van der Waals surface area contributed by atoms with Gasteiger partial charge in [0.1, 0.15) is 5.76 Å². The smallest absolute Gasteiger partial charge is 0.229 e. The van der Waals surface area contributed by atoms with Crippen molar-refractivity contribution in [3.63, 3.8) is 0 Å². The summed E-state index contributed by atoms with van der Waals surface area (Å²) in [4.78, 5) is 6.93. The van der Waals surface area contributed by atoms with E-state index in [2.05, 4.69) is 20.4 Å². The van der Waals surface area contributed by atoms with Crippen LogP contribution in [0.4, 0.5) is 0 Å². The summed E-state index contributed by atoms with van der Waals surface area (Å²) in [6, 6.07) is 4.43. The molecule has 2 aromatic heterocycles. The lowest BCUT2D eigenvalue weighted by Gasteiger charge is -2.32. The Morgan fingerprint density at radius 2 is 2.27 bits per heavy atom. The largest absolute Gasteiger partial charge is 0.468 e. The maximum absolute atomic E-state index is 5.37. The summed E-state index contributed by atoms with van der Waals surface area (Å²) in [6.45, 7) is 3.70. The Morgan fingerprint density at radius 1 is 1.32 bits per heavy atom. The predicted molar refractivity (Wildman–Crippen MR) is 80.1 cm³/mol. The zero-order valence-electron chi connectivity index (χ0n) is 12.7. The molecule has 4 rings (SSSR count). The molecule has 3 heterocycles. The van der Waals surface area contributed by atoms with Crippen molar-refractivity contribution in [3.8, 4) is 0 Å². The first-order valence-electron chi connectivity index (χ1n) is 8.17. The summed E-state index contributed by atoms with van der Waals surface area (Å²) < 4.78 is 10.7. The Kier molecular flexibility index (Phi) is 3.95. The van der Waals surface area contributed by atoms with Crippen molar-refractivity contribution < 1.29 is 8.94 Å². The fraction of sp³-hybridized carbons (Fsp3) is 0.625. The standard InChI is InChI=1S/C16H22N4O2/c1-3-13(17-9-14-4-2-8-21-14)10-20(7-1)11-15-18-16(22-19-15)12-5-6-12/h2,4,8,12-13,17H,1,3,5-7,9-11H2. The maximum Gasteiger partial charge on any atom is 0.229 e. The number of nitrogens with one attached hydrogen (secondary N) is 1. The number of furan rings is 1. The zero-order chi connectivity index (χ0) is 14.8. The van der Waals surface area contributed by atoms with Crippen LogP contribution < -0.4 is 5.32 Å². The van der Waals surface area contributed by atoms with Gasteiger partial charge in [0.2, 0.25) is 5.89 Å². The minimum Gasteiger partial charge on any atom is -0.468 e. The lowest BCUT2D eigenvalue weighted by Crippen LogP contribution is -2.45. The van der Waals surface area contributed by atoms with Crippen LogP contribution in [0.5, 0.6) is 0 Å². The first-order chi connectivity index (χ1) is 10.9. The summed E-state index contributed by atoms with van der Waals surface area (Å²) >= 11 is 0. The van der Waals surface area contributed by atoms with Crippen LogP contribution in [0, 0.1) is 0 Å². The zero-order valence-corrected chi connectivity index (χ0v) is 12.7. The maximum atomic E-state index is 5.37. The normalized spacial score (nSPS) is 23.0. The highest BCUT2D eigenvalue weighted by molar-refractivity contribution is 5.02. The van der Waals surface area contributed by atoms with E-state index in [1.54, 1.807) is 6.26 Å². The first-order valence-corrected chi connectivity index (χ1v) is 8.17. The van der Waals surface area contributed by atoms with Gasteiger partial charge in [0.05, 0.1) is 19.4 Å². The van der Waals surface area contributed by atoms with Crippen LogP contribution in [0.2, 0.25) is 0 Å². The molecule has 1 atom stereocenters. The number of piperidine rings is 1. The van der Waals surface area contributed by atoms with Crippen molar-refractivity contribution in [1.29, 1.82) is 0 Å². The molecule has 1 saturated carbocycles. The summed E-state index contributed by atoms with van der Waals surface area (Å²) in [6.07, 6.45) is 6.52. The van der Waals surface area contributed by atoms with Crippen LogP contribution in [-0.4, -0.2) is 34.2 Å². The molecule has 2 fully saturated rings. The molecule has 1 saturated heterocycles. The average Bonchev–Trinajstić information content (AvgIpc) is 3.06. The molecule has 0 aromatic carbocycles. The van der Waals surface area contributed by atoms with Crippen molar-refractivity contribution >= 4 is 0 Å². The fourth-order valence-electron chi connectivity index (χ4n) is 3.05. The minimum atomic E-state index is 0.494. The summed E-state index contributed by atoms with van der Waals surface area (Å²) in [5.74, 6) is 3.18. The van der Waals surface area contributed by atoms with Crippen molar-refractivity contribution in [3.05, 3.63) is 35.9 Å². The van der Waals surface area contributed by atoms with Crippen LogP contribution in [0.15, 0.2) is 27.3 Å². The molecule has 1 aliphatic heterocycles. The highest BCUT2D eigenvalue weighted by atomic mass is 16.5. The van der Waals surface area contributed by atoms with Gasteiger partial charge in [-0.15, -0.1) is 0 Å². The highest BCUT2D eigenvalue weighted by Crippen LogP contribution is 2.38. The van der Waals surface area contributed by atoms with Gasteiger partial charge in [0.25, 0.3) is 0 Å². The quantitative estimate of drug-likeness (QED) is 0.883. The van der Waals surface area contributed by atoms with E-state index in [4.69, 9.17) is 8.94 Å². The molecule has 0 radical (unpaired) electrons. The second kappa shape index (κ2) is 6.22. The average molecular weight is 302 g/mol. The van der Waals surface area contributed by atoms with Gasteiger partial charge in [0, 0.05) is 18.5 Å². The molecule has 1 aliphatic carbocycles. The van der Waals surface area contributed by atoms with E-state index in [1.165, 1.54) is 25.7 Å². The molecular weight excluding hydrogens is 280 g/mol. The third-order valence-corrected chi connectivity index (χ3v) is 4.43. The number of hydrogen-bond acceptors (Lipinski definition) is 6. The summed E-state index contributed by atoms with van der Waals surface area (Å²) in [7, 11) is 0. The highest BCUT2D eigenvalue weighted by Gasteiger charge is 2.30. The van der Waals surface area contributed by atoms with Crippen LogP contribution >= 0.6 is 0 Å². The van der Waals surface area contributed by atoms with Gasteiger partial charge in [0.15, 0.2) is 5.82 Å². The van der Waals surface area contributed by atoms with Gasteiger partial charge in [-0.2, -0.15) is 4.98 Å². The first kappa shape index (κ1) is 14.0. The van der Waals surface area contributed by atoms with E-state index in [0.717, 1.165) is 43.7 Å². The Bertz CT molecular complexity index is 591. The molecular formula is C16H22N4O2. The van der Waals surface area contributed by atoms with Crippen LogP contribution in [0.25, 0.3) is 0 Å². The second-order valence-corrected chi connectivity index (χ2v) is 6.36. The van der Waals surface area contributed by atoms with Crippen molar-refractivity contribution in [2.45, 2.75) is 50.7 Å². The second-order valence-electron chi connectivity index (χ2n) is 6.36. The lowest BCUT2D eigenvalue weighted by molar-refractivity contribution is 0.175. The van der Waals surface area contributed by atoms with Gasteiger partial charge in [-0.1, -0.05) is 5.16 Å². The SMILES string of the molecule is c1coc(CNC2CCCN(Cc3noc(C4CC4)n3)C2)c1. The van der Waals surface area contributed by atoms with Gasteiger partial charge in [-0.25, -0.2) is 0 Å². The Balaban J connectivity index is 1.28. The van der Waals surface area contributed by atoms with E-state index < -0.39 is 0 Å². The van der Waals surface area contributed by atoms with E-state index in [1.807, 2.05) is 12.1 Å². The topological polar surface area (TPSA) is 67.3 Å². The van der Waals surface area contributed by atoms with Gasteiger partial charge in [-0.05, 0) is 44.4 Å². The molecule has 0 amide bonds. The summed E-state index contributed by atoms with van der Waals surface area (Å²) in [5.41, 5.74) is 0. The Hall–Kier alpha value is -1.66.